The first-order valence-corrected chi connectivity index (χ1v) is 6.00. The minimum Gasteiger partial charge on any atom is -0.497 e. The van der Waals surface area contributed by atoms with Crippen LogP contribution < -0.4 is 4.74 Å². The van der Waals surface area contributed by atoms with Gasteiger partial charge < -0.3 is 14.3 Å². The van der Waals surface area contributed by atoms with Crippen molar-refractivity contribution >= 4 is 5.97 Å². The van der Waals surface area contributed by atoms with Crippen LogP contribution in [0.15, 0.2) is 34.9 Å². The zero-order valence-electron chi connectivity index (χ0n) is 10.6. The standard InChI is InChI=1S/C14H15NO4/c1-18-11-5-2-4-10(8-11)14-15-9-12(19-14)6-3-7-13(16)17/h2,4-5,8-9H,3,6-7H2,1H3,(H,16,17). The molecule has 0 atom stereocenters. The van der Waals surface area contributed by atoms with Crippen LogP contribution in [0.2, 0.25) is 0 Å². The lowest BCUT2D eigenvalue weighted by Gasteiger charge is -2.00. The second-order valence-electron chi connectivity index (χ2n) is 4.11. The Morgan fingerprint density at radius 2 is 2.32 bits per heavy atom. The summed E-state index contributed by atoms with van der Waals surface area (Å²) in [5.74, 6) is 1.15. The van der Waals surface area contributed by atoms with Crippen molar-refractivity contribution in [3.8, 4) is 17.2 Å². The Morgan fingerprint density at radius 1 is 1.47 bits per heavy atom. The summed E-state index contributed by atoms with van der Waals surface area (Å²) < 4.78 is 10.7. The van der Waals surface area contributed by atoms with Gasteiger partial charge in [-0.2, -0.15) is 0 Å². The molecule has 0 fully saturated rings. The number of aromatic nitrogens is 1. The predicted octanol–water partition coefficient (Wildman–Crippen LogP) is 2.76. The number of benzene rings is 1. The molecule has 5 heteroatoms. The molecule has 100 valence electrons. The van der Waals surface area contributed by atoms with Crippen LogP contribution in [0.3, 0.4) is 0 Å². The van der Waals surface area contributed by atoms with E-state index in [0.717, 1.165) is 11.3 Å². The van der Waals surface area contributed by atoms with E-state index in [-0.39, 0.29) is 6.42 Å². The zero-order valence-corrected chi connectivity index (χ0v) is 10.6. The maximum Gasteiger partial charge on any atom is 0.303 e. The van der Waals surface area contributed by atoms with E-state index in [4.69, 9.17) is 14.3 Å². The van der Waals surface area contributed by atoms with Gasteiger partial charge in [0.25, 0.3) is 0 Å². The van der Waals surface area contributed by atoms with Crippen LogP contribution in [0.5, 0.6) is 5.75 Å². The van der Waals surface area contributed by atoms with Gasteiger partial charge in [-0.05, 0) is 24.6 Å². The fourth-order valence-corrected chi connectivity index (χ4v) is 1.73. The Kier molecular flexibility index (Phi) is 4.18. The third-order valence-corrected chi connectivity index (χ3v) is 2.68. The normalized spacial score (nSPS) is 10.4. The number of carboxylic acids is 1. The zero-order chi connectivity index (χ0) is 13.7. The van der Waals surface area contributed by atoms with Gasteiger partial charge in [0.05, 0.1) is 13.3 Å². The number of hydrogen-bond acceptors (Lipinski definition) is 4. The molecule has 0 saturated carbocycles. The van der Waals surface area contributed by atoms with E-state index < -0.39 is 5.97 Å². The van der Waals surface area contributed by atoms with Gasteiger partial charge in [-0.1, -0.05) is 6.07 Å². The highest BCUT2D eigenvalue weighted by Crippen LogP contribution is 2.23. The highest BCUT2D eigenvalue weighted by atomic mass is 16.5. The van der Waals surface area contributed by atoms with E-state index in [9.17, 15) is 4.79 Å². The summed E-state index contributed by atoms with van der Waals surface area (Å²) >= 11 is 0. The smallest absolute Gasteiger partial charge is 0.303 e. The first-order chi connectivity index (χ1) is 9.19. The molecule has 2 aromatic rings. The summed E-state index contributed by atoms with van der Waals surface area (Å²) in [6.07, 6.45) is 2.89. The third-order valence-electron chi connectivity index (χ3n) is 2.68. The second kappa shape index (κ2) is 6.04. The van der Waals surface area contributed by atoms with Crippen LogP contribution in [0.4, 0.5) is 0 Å². The number of aryl methyl sites for hydroxylation is 1. The lowest BCUT2D eigenvalue weighted by Crippen LogP contribution is -1.95. The van der Waals surface area contributed by atoms with Gasteiger partial charge in [0, 0.05) is 18.4 Å². The molecule has 1 heterocycles. The SMILES string of the molecule is COc1cccc(-c2ncc(CCCC(=O)O)o2)c1. The Balaban J connectivity index is 2.05. The first kappa shape index (κ1) is 13.1. The highest BCUT2D eigenvalue weighted by molar-refractivity contribution is 5.66. The Hall–Kier alpha value is -2.30. The molecule has 1 aromatic carbocycles. The number of ether oxygens (including phenoxy) is 1. The molecule has 1 N–H and O–H groups in total. The fourth-order valence-electron chi connectivity index (χ4n) is 1.73. The number of oxazole rings is 1. The van der Waals surface area contributed by atoms with E-state index in [2.05, 4.69) is 4.98 Å². The summed E-state index contributed by atoms with van der Waals surface area (Å²) in [6, 6.07) is 7.44. The van der Waals surface area contributed by atoms with Gasteiger partial charge in [0.2, 0.25) is 5.89 Å². The number of rotatable bonds is 6. The number of carboxylic acid groups (broad SMARTS) is 1. The van der Waals surface area contributed by atoms with Crippen molar-refractivity contribution in [2.45, 2.75) is 19.3 Å². The first-order valence-electron chi connectivity index (χ1n) is 6.00. The molecule has 0 unspecified atom stereocenters. The monoisotopic (exact) mass is 261 g/mol. The number of aliphatic carboxylic acids is 1. The molecule has 1 aromatic heterocycles. The largest absolute Gasteiger partial charge is 0.497 e. The molecule has 0 radical (unpaired) electrons. The Labute approximate surface area is 110 Å². The molecule has 2 rings (SSSR count). The average molecular weight is 261 g/mol. The van der Waals surface area contributed by atoms with E-state index >= 15 is 0 Å². The molecule has 19 heavy (non-hydrogen) atoms. The van der Waals surface area contributed by atoms with Crippen molar-refractivity contribution in [2.75, 3.05) is 7.11 Å². The lowest BCUT2D eigenvalue weighted by molar-refractivity contribution is -0.137. The molecule has 0 aliphatic heterocycles. The second-order valence-corrected chi connectivity index (χ2v) is 4.11. The molecule has 0 aliphatic carbocycles. The predicted molar refractivity (Wildman–Crippen MR) is 69.1 cm³/mol. The van der Waals surface area contributed by atoms with Gasteiger partial charge in [0.15, 0.2) is 0 Å². The molecule has 0 aliphatic rings. The van der Waals surface area contributed by atoms with Crippen molar-refractivity contribution < 1.29 is 19.1 Å². The van der Waals surface area contributed by atoms with Crippen molar-refractivity contribution in [3.05, 3.63) is 36.2 Å². The van der Waals surface area contributed by atoms with Gasteiger partial charge in [-0.15, -0.1) is 0 Å². The lowest BCUT2D eigenvalue weighted by atomic mass is 10.2. The maximum atomic E-state index is 10.4. The maximum absolute atomic E-state index is 10.4. The quantitative estimate of drug-likeness (QED) is 0.865. The van der Waals surface area contributed by atoms with Gasteiger partial charge >= 0.3 is 5.97 Å². The van der Waals surface area contributed by atoms with Crippen LogP contribution in [0.25, 0.3) is 11.5 Å². The third kappa shape index (κ3) is 3.58. The number of methoxy groups -OCH3 is 1. The number of nitrogens with zero attached hydrogens (tertiary/aromatic N) is 1. The van der Waals surface area contributed by atoms with E-state index in [0.29, 0.717) is 24.5 Å². The van der Waals surface area contributed by atoms with Crippen LogP contribution in [-0.2, 0) is 11.2 Å². The van der Waals surface area contributed by atoms with Crippen LogP contribution in [-0.4, -0.2) is 23.2 Å². The van der Waals surface area contributed by atoms with Crippen molar-refractivity contribution in [3.63, 3.8) is 0 Å². The van der Waals surface area contributed by atoms with Crippen molar-refractivity contribution in [1.29, 1.82) is 0 Å². The average Bonchev–Trinajstić information content (AvgIpc) is 2.87. The summed E-state index contributed by atoms with van der Waals surface area (Å²) in [4.78, 5) is 14.6. The summed E-state index contributed by atoms with van der Waals surface area (Å²) in [5, 5.41) is 8.57. The molecular weight excluding hydrogens is 246 g/mol. The topological polar surface area (TPSA) is 72.6 Å². The summed E-state index contributed by atoms with van der Waals surface area (Å²) in [5.41, 5.74) is 0.837. The van der Waals surface area contributed by atoms with Crippen LogP contribution >= 0.6 is 0 Å². The van der Waals surface area contributed by atoms with E-state index in [1.54, 1.807) is 13.3 Å². The molecule has 0 bridgehead atoms. The minimum atomic E-state index is -0.799. The highest BCUT2D eigenvalue weighted by Gasteiger charge is 2.08. The summed E-state index contributed by atoms with van der Waals surface area (Å²) in [6.45, 7) is 0. The van der Waals surface area contributed by atoms with Crippen LogP contribution in [0.1, 0.15) is 18.6 Å². The minimum absolute atomic E-state index is 0.134. The molecular formula is C14H15NO4. The molecule has 0 saturated heterocycles. The molecule has 0 spiro atoms. The van der Waals surface area contributed by atoms with Gasteiger partial charge in [-0.3, -0.25) is 4.79 Å². The fraction of sp³-hybridized carbons (Fsp3) is 0.286. The Bertz CT molecular complexity index is 562. The van der Waals surface area contributed by atoms with Crippen molar-refractivity contribution in [1.82, 2.24) is 4.98 Å². The molecule has 0 amide bonds. The van der Waals surface area contributed by atoms with Gasteiger partial charge in [-0.25, -0.2) is 4.98 Å². The number of hydrogen-bond donors (Lipinski definition) is 1. The molecule has 5 nitrogen and oxygen atoms in total. The van der Waals surface area contributed by atoms with Gasteiger partial charge in [0.1, 0.15) is 11.5 Å². The van der Waals surface area contributed by atoms with Crippen molar-refractivity contribution in [2.24, 2.45) is 0 Å². The summed E-state index contributed by atoms with van der Waals surface area (Å²) in [7, 11) is 1.60. The van der Waals surface area contributed by atoms with E-state index in [1.165, 1.54) is 0 Å². The van der Waals surface area contributed by atoms with E-state index in [1.807, 2.05) is 24.3 Å². The number of carbonyl (C=O) groups is 1. The Morgan fingerprint density at radius 3 is 3.05 bits per heavy atom. The van der Waals surface area contributed by atoms with Crippen LogP contribution in [0, 0.1) is 0 Å².